The molecule has 2 aromatic rings. The molecule has 0 bridgehead atoms. The van der Waals surface area contributed by atoms with Gasteiger partial charge in [0.05, 0.1) is 16.2 Å². The van der Waals surface area contributed by atoms with E-state index < -0.39 is 10.0 Å². The van der Waals surface area contributed by atoms with Crippen LogP contribution in [0.2, 0.25) is 10.0 Å². The Labute approximate surface area is 127 Å². The van der Waals surface area contributed by atoms with Gasteiger partial charge in [0.1, 0.15) is 4.90 Å². The first-order chi connectivity index (χ1) is 9.32. The Morgan fingerprint density at radius 3 is 2.65 bits per heavy atom. The zero-order valence-corrected chi connectivity index (χ0v) is 13.2. The molecule has 0 aliphatic carbocycles. The summed E-state index contributed by atoms with van der Waals surface area (Å²) < 4.78 is 27.3. The molecule has 1 heterocycles. The lowest BCUT2D eigenvalue weighted by Gasteiger charge is -2.17. The molecule has 0 unspecified atom stereocenters. The molecule has 0 aliphatic heterocycles. The van der Waals surface area contributed by atoms with Crippen LogP contribution in [-0.2, 0) is 23.6 Å². The quantitative estimate of drug-likeness (QED) is 0.863. The van der Waals surface area contributed by atoms with Crippen molar-refractivity contribution in [1.82, 2.24) is 14.1 Å². The van der Waals surface area contributed by atoms with Crippen LogP contribution in [0.15, 0.2) is 35.5 Å². The lowest BCUT2D eigenvalue weighted by Crippen LogP contribution is -2.26. The normalized spacial score (nSPS) is 12.1. The molecule has 108 valence electrons. The highest BCUT2D eigenvalue weighted by Gasteiger charge is 2.23. The van der Waals surface area contributed by atoms with Crippen molar-refractivity contribution in [2.75, 3.05) is 7.05 Å². The third-order valence-corrected chi connectivity index (χ3v) is 5.43. The Morgan fingerprint density at radius 2 is 2.05 bits per heavy atom. The van der Waals surface area contributed by atoms with Crippen molar-refractivity contribution in [3.05, 3.63) is 46.2 Å². The fraction of sp³-hybridized carbons (Fsp3) is 0.250. The summed E-state index contributed by atoms with van der Waals surface area (Å²) in [4.78, 5) is 0.139. The smallest absolute Gasteiger partial charge is 0.246 e. The number of halogens is 2. The first kappa shape index (κ1) is 15.3. The highest BCUT2D eigenvalue weighted by molar-refractivity contribution is 7.89. The zero-order valence-electron chi connectivity index (χ0n) is 10.9. The molecule has 0 radical (unpaired) electrons. The minimum absolute atomic E-state index is 0.136. The van der Waals surface area contributed by atoms with Crippen molar-refractivity contribution in [2.24, 2.45) is 7.05 Å². The van der Waals surface area contributed by atoms with Crippen molar-refractivity contribution in [1.29, 1.82) is 0 Å². The van der Waals surface area contributed by atoms with Gasteiger partial charge in [-0.05, 0) is 11.6 Å². The summed E-state index contributed by atoms with van der Waals surface area (Å²) in [5.41, 5.74) is 0.647. The lowest BCUT2D eigenvalue weighted by atomic mass is 10.2. The highest BCUT2D eigenvalue weighted by Crippen LogP contribution is 2.27. The van der Waals surface area contributed by atoms with E-state index in [4.69, 9.17) is 23.2 Å². The molecule has 5 nitrogen and oxygen atoms in total. The van der Waals surface area contributed by atoms with Crippen LogP contribution in [0.5, 0.6) is 0 Å². The Hall–Kier alpha value is -1.08. The second-order valence-electron chi connectivity index (χ2n) is 4.32. The van der Waals surface area contributed by atoms with Crippen LogP contribution < -0.4 is 0 Å². The Bertz CT molecular complexity index is 728. The Balaban J connectivity index is 2.28. The van der Waals surface area contributed by atoms with Crippen molar-refractivity contribution in [3.63, 3.8) is 0 Å². The molecule has 0 N–H and O–H groups in total. The number of aryl methyl sites for hydroxylation is 1. The summed E-state index contributed by atoms with van der Waals surface area (Å²) in [5, 5.41) is 4.63. The van der Waals surface area contributed by atoms with Crippen LogP contribution in [-0.4, -0.2) is 29.6 Å². The summed E-state index contributed by atoms with van der Waals surface area (Å²) in [6.45, 7) is 0.136. The van der Waals surface area contributed by atoms with Gasteiger partial charge in [0.15, 0.2) is 0 Å². The largest absolute Gasteiger partial charge is 0.274 e. The molecule has 0 spiro atoms. The maximum absolute atomic E-state index is 12.3. The molecule has 2 rings (SSSR count). The van der Waals surface area contributed by atoms with Gasteiger partial charge in [-0.1, -0.05) is 35.3 Å². The van der Waals surface area contributed by atoms with E-state index in [1.165, 1.54) is 28.4 Å². The fourth-order valence-corrected chi connectivity index (χ4v) is 3.22. The third-order valence-electron chi connectivity index (χ3n) is 2.81. The van der Waals surface area contributed by atoms with Crippen molar-refractivity contribution >= 4 is 33.2 Å². The number of aromatic nitrogens is 2. The van der Waals surface area contributed by atoms with E-state index in [1.54, 1.807) is 25.2 Å². The fourth-order valence-electron chi connectivity index (χ4n) is 1.71. The topological polar surface area (TPSA) is 55.2 Å². The van der Waals surface area contributed by atoms with Crippen LogP contribution >= 0.6 is 23.2 Å². The van der Waals surface area contributed by atoms with Crippen molar-refractivity contribution in [3.8, 4) is 0 Å². The van der Waals surface area contributed by atoms with Gasteiger partial charge in [-0.15, -0.1) is 0 Å². The van der Waals surface area contributed by atoms with Gasteiger partial charge >= 0.3 is 0 Å². The number of hydrogen-bond acceptors (Lipinski definition) is 3. The molecule has 0 saturated heterocycles. The van der Waals surface area contributed by atoms with Crippen molar-refractivity contribution in [2.45, 2.75) is 11.4 Å². The van der Waals surface area contributed by atoms with Crippen molar-refractivity contribution < 1.29 is 8.42 Å². The van der Waals surface area contributed by atoms with Crippen LogP contribution in [0, 0.1) is 0 Å². The number of hydrogen-bond donors (Lipinski definition) is 0. The van der Waals surface area contributed by atoms with Gasteiger partial charge in [0.25, 0.3) is 0 Å². The predicted molar refractivity (Wildman–Crippen MR) is 78.3 cm³/mol. The minimum Gasteiger partial charge on any atom is -0.274 e. The first-order valence-electron chi connectivity index (χ1n) is 5.70. The second-order valence-corrected chi connectivity index (χ2v) is 7.15. The molecular formula is C12H13Cl2N3O2S. The van der Waals surface area contributed by atoms with E-state index in [-0.39, 0.29) is 11.4 Å². The summed E-state index contributed by atoms with van der Waals surface area (Å²) in [6.07, 6.45) is 2.76. The van der Waals surface area contributed by atoms with Gasteiger partial charge in [-0.25, -0.2) is 8.42 Å². The maximum Gasteiger partial charge on any atom is 0.246 e. The van der Waals surface area contributed by atoms with E-state index in [2.05, 4.69) is 5.10 Å². The SMILES string of the molecule is CN(Cc1cccc(Cl)c1Cl)S(=O)(=O)c1cnn(C)c1. The van der Waals surface area contributed by atoms with Crippen LogP contribution in [0.25, 0.3) is 0 Å². The lowest BCUT2D eigenvalue weighted by molar-refractivity contribution is 0.466. The highest BCUT2D eigenvalue weighted by atomic mass is 35.5. The Kier molecular flexibility index (Phi) is 4.39. The standard InChI is InChI=1S/C12H13Cl2N3O2S/c1-16-8-10(6-15-16)20(18,19)17(2)7-9-4-3-5-11(13)12(9)14/h3-6,8H,7H2,1-2H3. The van der Waals surface area contributed by atoms with Crippen LogP contribution in [0.3, 0.4) is 0 Å². The molecule has 20 heavy (non-hydrogen) atoms. The predicted octanol–water partition coefficient (Wildman–Crippen LogP) is 2.55. The Morgan fingerprint density at radius 1 is 1.35 bits per heavy atom. The molecular weight excluding hydrogens is 321 g/mol. The molecule has 0 saturated carbocycles. The van der Waals surface area contributed by atoms with E-state index in [9.17, 15) is 8.42 Å². The van der Waals surface area contributed by atoms with Gasteiger partial charge in [-0.3, -0.25) is 4.68 Å². The van der Waals surface area contributed by atoms with E-state index in [0.29, 0.717) is 15.6 Å². The molecule has 1 aromatic heterocycles. The molecule has 0 amide bonds. The number of nitrogens with zero attached hydrogens (tertiary/aromatic N) is 3. The van der Waals surface area contributed by atoms with Gasteiger partial charge in [-0.2, -0.15) is 9.40 Å². The van der Waals surface area contributed by atoms with E-state index in [1.807, 2.05) is 0 Å². The van der Waals surface area contributed by atoms with Crippen LogP contribution in [0.4, 0.5) is 0 Å². The number of sulfonamides is 1. The monoisotopic (exact) mass is 333 g/mol. The average Bonchev–Trinajstić information content (AvgIpc) is 2.82. The minimum atomic E-state index is -3.60. The molecule has 0 aliphatic rings. The third kappa shape index (κ3) is 2.98. The molecule has 0 fully saturated rings. The maximum atomic E-state index is 12.3. The number of benzene rings is 1. The number of rotatable bonds is 4. The van der Waals surface area contributed by atoms with Gasteiger partial charge in [0.2, 0.25) is 10.0 Å². The zero-order chi connectivity index (χ0) is 14.9. The second kappa shape index (κ2) is 5.73. The van der Waals surface area contributed by atoms with Gasteiger partial charge < -0.3 is 0 Å². The summed E-state index contributed by atoms with van der Waals surface area (Å²) in [7, 11) is -0.452. The summed E-state index contributed by atoms with van der Waals surface area (Å²) in [6, 6.07) is 5.13. The first-order valence-corrected chi connectivity index (χ1v) is 7.90. The molecule has 1 aromatic carbocycles. The van der Waals surface area contributed by atoms with E-state index >= 15 is 0 Å². The summed E-state index contributed by atoms with van der Waals surface area (Å²) in [5.74, 6) is 0. The van der Waals surface area contributed by atoms with Gasteiger partial charge in [0, 0.05) is 26.8 Å². The van der Waals surface area contributed by atoms with E-state index in [0.717, 1.165) is 0 Å². The van der Waals surface area contributed by atoms with Crippen LogP contribution in [0.1, 0.15) is 5.56 Å². The average molecular weight is 334 g/mol. The molecule has 8 heteroatoms. The summed E-state index contributed by atoms with van der Waals surface area (Å²) >= 11 is 12.0. The molecule has 0 atom stereocenters.